The number of aromatic nitrogens is 2. The van der Waals surface area contributed by atoms with E-state index in [0.717, 1.165) is 18.1 Å². The molecule has 2 heterocycles. The van der Waals surface area contributed by atoms with E-state index in [1.54, 1.807) is 14.0 Å². The molecule has 1 atom stereocenters. The van der Waals surface area contributed by atoms with Crippen molar-refractivity contribution >= 4 is 21.6 Å². The maximum absolute atomic E-state index is 11.8. The van der Waals surface area contributed by atoms with Crippen LogP contribution < -0.4 is 5.69 Å². The van der Waals surface area contributed by atoms with Crippen molar-refractivity contribution in [3.63, 3.8) is 0 Å². The Balaban J connectivity index is 1.83. The van der Waals surface area contributed by atoms with E-state index in [9.17, 15) is 9.90 Å². The van der Waals surface area contributed by atoms with E-state index in [1.165, 1.54) is 27.7 Å². The Kier molecular flexibility index (Phi) is 4.72. The minimum absolute atomic E-state index is 0.115. The number of imidazole rings is 1. The van der Waals surface area contributed by atoms with Gasteiger partial charge in [0.2, 0.25) is 5.88 Å². The van der Waals surface area contributed by atoms with E-state index >= 15 is 0 Å². The van der Waals surface area contributed by atoms with Crippen molar-refractivity contribution in [2.24, 2.45) is 7.05 Å². The number of unbranched alkanes of at least 4 members (excludes halogenated alkanes) is 1. The van der Waals surface area contributed by atoms with Gasteiger partial charge in [-0.15, -0.1) is 0 Å². The summed E-state index contributed by atoms with van der Waals surface area (Å²) in [5.74, 6) is 1.39. The lowest BCUT2D eigenvalue weighted by Gasteiger charge is -2.07. The van der Waals surface area contributed by atoms with Gasteiger partial charge in [0.1, 0.15) is 0 Å². The molecule has 1 aromatic rings. The molecule has 1 aromatic heterocycles. The van der Waals surface area contributed by atoms with Gasteiger partial charge in [-0.05, 0) is 26.2 Å². The Morgan fingerprint density at radius 2 is 2.22 bits per heavy atom. The van der Waals surface area contributed by atoms with Crippen molar-refractivity contribution in [2.45, 2.75) is 44.4 Å². The van der Waals surface area contributed by atoms with E-state index in [2.05, 4.69) is 0 Å². The van der Waals surface area contributed by atoms with E-state index in [4.69, 9.17) is 0 Å². The van der Waals surface area contributed by atoms with Gasteiger partial charge in [-0.1, -0.05) is 28.0 Å². The molecule has 1 N–H and O–H groups in total. The van der Waals surface area contributed by atoms with Crippen LogP contribution in [-0.2, 0) is 13.6 Å². The SMILES string of the molecule is Cc1c(O)n(CCCCC2CCSS2)c(=O)n1C. The fourth-order valence-electron chi connectivity index (χ4n) is 2.17. The molecule has 18 heavy (non-hydrogen) atoms. The average molecular weight is 288 g/mol. The molecule has 0 amide bonds. The van der Waals surface area contributed by atoms with Gasteiger partial charge in [0.15, 0.2) is 0 Å². The third kappa shape index (κ3) is 2.91. The van der Waals surface area contributed by atoms with Crippen LogP contribution in [-0.4, -0.2) is 25.2 Å². The van der Waals surface area contributed by atoms with Gasteiger partial charge in [-0.2, -0.15) is 0 Å². The van der Waals surface area contributed by atoms with Crippen LogP contribution >= 0.6 is 21.6 Å². The Morgan fingerprint density at radius 1 is 1.44 bits per heavy atom. The maximum Gasteiger partial charge on any atom is 0.330 e. The Morgan fingerprint density at radius 3 is 2.78 bits per heavy atom. The zero-order chi connectivity index (χ0) is 13.1. The molecule has 0 aromatic carbocycles. The zero-order valence-corrected chi connectivity index (χ0v) is 12.5. The monoisotopic (exact) mass is 288 g/mol. The molecule has 1 saturated heterocycles. The molecule has 0 saturated carbocycles. The molecule has 4 nitrogen and oxygen atoms in total. The summed E-state index contributed by atoms with van der Waals surface area (Å²) in [7, 11) is 5.66. The Bertz CT molecular complexity index is 461. The fourth-order valence-corrected chi connectivity index (χ4v) is 5.20. The molecule has 102 valence electrons. The van der Waals surface area contributed by atoms with E-state index in [0.29, 0.717) is 12.2 Å². The highest BCUT2D eigenvalue weighted by atomic mass is 33.1. The Hall–Kier alpha value is -0.490. The minimum Gasteiger partial charge on any atom is -0.493 e. The molecule has 0 bridgehead atoms. The van der Waals surface area contributed by atoms with Crippen molar-refractivity contribution in [3.05, 3.63) is 16.2 Å². The van der Waals surface area contributed by atoms with Gasteiger partial charge < -0.3 is 5.11 Å². The summed E-state index contributed by atoms with van der Waals surface area (Å²) in [6, 6.07) is 0. The largest absolute Gasteiger partial charge is 0.493 e. The number of hydrogen-bond acceptors (Lipinski definition) is 4. The van der Waals surface area contributed by atoms with Gasteiger partial charge in [0.05, 0.1) is 5.69 Å². The highest BCUT2D eigenvalue weighted by Gasteiger charge is 2.16. The van der Waals surface area contributed by atoms with Crippen LogP contribution in [0.15, 0.2) is 4.79 Å². The molecule has 0 aliphatic carbocycles. The molecule has 0 radical (unpaired) electrons. The molecular weight excluding hydrogens is 268 g/mol. The summed E-state index contributed by atoms with van der Waals surface area (Å²) in [5.41, 5.74) is 0.526. The Labute approximate surface area is 115 Å². The van der Waals surface area contributed by atoms with Crippen molar-refractivity contribution in [3.8, 4) is 5.88 Å². The predicted octanol–water partition coefficient (Wildman–Crippen LogP) is 2.52. The number of rotatable bonds is 5. The van der Waals surface area contributed by atoms with Gasteiger partial charge in [-0.25, -0.2) is 4.79 Å². The summed E-state index contributed by atoms with van der Waals surface area (Å²) in [6.45, 7) is 2.39. The van der Waals surface area contributed by atoms with Crippen LogP contribution in [0, 0.1) is 6.92 Å². The number of hydrogen-bond donors (Lipinski definition) is 1. The lowest BCUT2D eigenvalue weighted by atomic mass is 10.1. The van der Waals surface area contributed by atoms with Gasteiger partial charge in [-0.3, -0.25) is 9.13 Å². The lowest BCUT2D eigenvalue weighted by molar-refractivity contribution is 0.403. The summed E-state index contributed by atoms with van der Waals surface area (Å²) in [6.07, 6.45) is 4.61. The topological polar surface area (TPSA) is 47.2 Å². The average Bonchev–Trinajstić information content (AvgIpc) is 2.93. The van der Waals surface area contributed by atoms with Gasteiger partial charge in [0.25, 0.3) is 0 Å². The third-order valence-electron chi connectivity index (χ3n) is 3.49. The van der Waals surface area contributed by atoms with Crippen molar-refractivity contribution in [1.29, 1.82) is 0 Å². The van der Waals surface area contributed by atoms with Crippen LogP contribution in [0.5, 0.6) is 5.88 Å². The molecule has 1 aliphatic rings. The smallest absolute Gasteiger partial charge is 0.330 e. The molecule has 0 spiro atoms. The minimum atomic E-state index is -0.115. The number of nitrogens with zero attached hydrogens (tertiary/aromatic N) is 2. The molecule has 1 fully saturated rings. The zero-order valence-electron chi connectivity index (χ0n) is 10.9. The second-order valence-corrected chi connectivity index (χ2v) is 7.51. The second kappa shape index (κ2) is 6.10. The predicted molar refractivity (Wildman–Crippen MR) is 78.4 cm³/mol. The highest BCUT2D eigenvalue weighted by Crippen LogP contribution is 2.39. The molecule has 2 rings (SSSR count). The first-order valence-corrected chi connectivity index (χ1v) is 8.73. The maximum atomic E-state index is 11.8. The summed E-state index contributed by atoms with van der Waals surface area (Å²) in [4.78, 5) is 11.8. The van der Waals surface area contributed by atoms with Crippen LogP contribution in [0.4, 0.5) is 0 Å². The van der Waals surface area contributed by atoms with Crippen molar-refractivity contribution in [2.75, 3.05) is 5.75 Å². The van der Waals surface area contributed by atoms with Crippen LogP contribution in [0.25, 0.3) is 0 Å². The molecule has 1 aliphatic heterocycles. The normalized spacial score (nSPS) is 19.6. The van der Waals surface area contributed by atoms with Gasteiger partial charge >= 0.3 is 5.69 Å². The fraction of sp³-hybridized carbons (Fsp3) is 0.750. The van der Waals surface area contributed by atoms with E-state index < -0.39 is 0 Å². The second-order valence-electron chi connectivity index (χ2n) is 4.73. The quantitative estimate of drug-likeness (QED) is 0.668. The molecule has 1 unspecified atom stereocenters. The van der Waals surface area contributed by atoms with Crippen LogP contribution in [0.3, 0.4) is 0 Å². The van der Waals surface area contributed by atoms with E-state index in [1.807, 2.05) is 21.6 Å². The lowest BCUT2D eigenvalue weighted by Crippen LogP contribution is -2.22. The summed E-state index contributed by atoms with van der Waals surface area (Å²) < 4.78 is 2.98. The van der Waals surface area contributed by atoms with Crippen LogP contribution in [0.1, 0.15) is 31.4 Å². The first-order valence-electron chi connectivity index (χ1n) is 6.34. The van der Waals surface area contributed by atoms with E-state index in [-0.39, 0.29) is 11.6 Å². The first kappa shape index (κ1) is 13.9. The van der Waals surface area contributed by atoms with Crippen molar-refractivity contribution < 1.29 is 5.11 Å². The third-order valence-corrected chi connectivity index (χ3v) is 6.49. The summed E-state index contributed by atoms with van der Waals surface area (Å²) in [5, 5.41) is 10.6. The van der Waals surface area contributed by atoms with Crippen LogP contribution in [0.2, 0.25) is 0 Å². The number of aromatic hydroxyl groups is 1. The van der Waals surface area contributed by atoms with Gasteiger partial charge in [0, 0.05) is 24.6 Å². The standard InChI is InChI=1S/C12H20N2O2S2/c1-9-11(15)14(12(16)13(9)2)7-4-3-5-10-6-8-17-18-10/h10,15H,3-8H2,1-2H3. The molecule has 6 heteroatoms. The summed E-state index contributed by atoms with van der Waals surface area (Å²) >= 11 is 0. The highest BCUT2D eigenvalue weighted by molar-refractivity contribution is 8.77. The first-order chi connectivity index (χ1) is 8.61. The molecular formula is C12H20N2O2S2. The van der Waals surface area contributed by atoms with Crippen molar-refractivity contribution in [1.82, 2.24) is 9.13 Å².